The first-order valence-corrected chi connectivity index (χ1v) is 30.1. The molecule has 0 aliphatic carbocycles. The molecule has 6 N–H and O–H groups in total. The molecule has 1 heterocycles. The van der Waals surface area contributed by atoms with Crippen molar-refractivity contribution in [2.24, 2.45) is 0 Å². The fourth-order valence-corrected chi connectivity index (χ4v) is 9.34. The summed E-state index contributed by atoms with van der Waals surface area (Å²) in [5, 5.41) is 54.3. The van der Waals surface area contributed by atoms with E-state index in [0.29, 0.717) is 12.8 Å². The lowest BCUT2D eigenvalue weighted by atomic mass is 9.99. The maximum absolute atomic E-state index is 13.0. The van der Waals surface area contributed by atoms with Crippen LogP contribution in [0.3, 0.4) is 0 Å². The number of unbranched alkanes of at least 4 members (excludes halogenated alkanes) is 29. The zero-order chi connectivity index (χ0) is 52.2. The Kier molecular flexibility index (Phi) is 48.9. The van der Waals surface area contributed by atoms with Gasteiger partial charge in [0.05, 0.1) is 25.4 Å². The predicted octanol–water partition coefficient (Wildman–Crippen LogP) is 15.2. The minimum atomic E-state index is -1.55. The van der Waals surface area contributed by atoms with E-state index < -0.39 is 49.5 Å². The molecule has 7 atom stereocenters. The van der Waals surface area contributed by atoms with Gasteiger partial charge in [-0.2, -0.15) is 0 Å². The Morgan fingerprint density at radius 3 is 1.28 bits per heavy atom. The van der Waals surface area contributed by atoms with Gasteiger partial charge in [0, 0.05) is 6.42 Å². The molecule has 0 radical (unpaired) electrons. The molecule has 9 nitrogen and oxygen atoms in total. The molecule has 1 saturated heterocycles. The van der Waals surface area contributed by atoms with Crippen molar-refractivity contribution in [1.82, 2.24) is 5.32 Å². The largest absolute Gasteiger partial charge is 0.394 e. The number of aliphatic hydroxyl groups is 5. The lowest BCUT2D eigenvalue weighted by Gasteiger charge is -2.40. The van der Waals surface area contributed by atoms with Crippen LogP contribution in [-0.4, -0.2) is 87.5 Å². The SMILES string of the molecule is CC/C=C\C/C=C\C/C=C\C/C=C\C/C=C\C/C=C\CCCCCCCCCCCCCCCCCCCCCCCCC(=O)NC(COC1OC(CO)C(O)C(O)C1O)C(O)CCCCCCCCCC. The van der Waals surface area contributed by atoms with Crippen molar-refractivity contribution in [3.05, 3.63) is 72.9 Å². The van der Waals surface area contributed by atoms with E-state index in [0.717, 1.165) is 77.0 Å². The summed E-state index contributed by atoms with van der Waals surface area (Å²) in [6.45, 7) is 3.69. The number of nitrogens with one attached hydrogen (secondary N) is 1. The monoisotopic (exact) mass is 1010 g/mol. The summed E-state index contributed by atoms with van der Waals surface area (Å²) in [5.74, 6) is -0.145. The Hall–Kier alpha value is -2.37. The number of ether oxygens (including phenoxy) is 2. The van der Waals surface area contributed by atoms with Crippen LogP contribution in [0.5, 0.6) is 0 Å². The van der Waals surface area contributed by atoms with Crippen LogP contribution in [0.4, 0.5) is 0 Å². The highest BCUT2D eigenvalue weighted by Gasteiger charge is 2.44. The van der Waals surface area contributed by atoms with Gasteiger partial charge >= 0.3 is 0 Å². The van der Waals surface area contributed by atoms with Crippen LogP contribution in [0.2, 0.25) is 0 Å². The fourth-order valence-electron chi connectivity index (χ4n) is 9.34. The van der Waals surface area contributed by atoms with E-state index in [1.54, 1.807) is 0 Å². The molecular formula is C63H113NO8. The third-order valence-corrected chi connectivity index (χ3v) is 14.1. The van der Waals surface area contributed by atoms with Crippen molar-refractivity contribution in [2.75, 3.05) is 13.2 Å². The summed E-state index contributed by atoms with van der Waals surface area (Å²) in [6.07, 6.45) is 65.6. The molecule has 1 fully saturated rings. The van der Waals surface area contributed by atoms with E-state index in [4.69, 9.17) is 9.47 Å². The zero-order valence-electron chi connectivity index (χ0n) is 46.4. The standard InChI is InChI=1S/C63H113NO8/c1-3-5-7-9-11-13-14-15-16-17-18-19-20-21-22-23-24-25-26-27-28-29-30-31-32-33-34-35-36-37-38-39-40-41-42-43-44-45-47-49-51-53-59(67)64-56(57(66)52-50-48-46-12-10-8-6-4-2)55-71-63-62(70)61(69)60(68)58(54-65)72-63/h5,7,11,13,15-16,18-19,21-22,24-25,56-58,60-63,65-66,68-70H,3-4,6,8-10,12,14,17,20,23,26-55H2,1-2H3,(H,64,67)/b7-5-,13-11-,16-15-,19-18-,22-21-,25-24-. The highest BCUT2D eigenvalue weighted by atomic mass is 16.7. The van der Waals surface area contributed by atoms with Gasteiger partial charge in [-0.15, -0.1) is 0 Å². The number of hydrogen-bond donors (Lipinski definition) is 6. The minimum absolute atomic E-state index is 0.137. The molecule has 0 aromatic heterocycles. The van der Waals surface area contributed by atoms with Gasteiger partial charge in [0.15, 0.2) is 6.29 Å². The zero-order valence-corrected chi connectivity index (χ0v) is 46.4. The van der Waals surface area contributed by atoms with Gasteiger partial charge in [0.1, 0.15) is 24.4 Å². The van der Waals surface area contributed by atoms with E-state index in [2.05, 4.69) is 92.1 Å². The fraction of sp³-hybridized carbons (Fsp3) is 0.794. The number of carbonyl (C=O) groups excluding carboxylic acids is 1. The van der Waals surface area contributed by atoms with Crippen LogP contribution in [0.1, 0.15) is 264 Å². The smallest absolute Gasteiger partial charge is 0.220 e. The number of carbonyl (C=O) groups is 1. The number of hydrogen-bond acceptors (Lipinski definition) is 8. The normalized spacial score (nSPS) is 19.7. The predicted molar refractivity (Wildman–Crippen MR) is 304 cm³/mol. The Labute approximate surface area is 442 Å². The summed E-state index contributed by atoms with van der Waals surface area (Å²) in [5.41, 5.74) is 0. The van der Waals surface area contributed by atoms with Gasteiger partial charge in [0.2, 0.25) is 5.91 Å². The molecule has 1 amide bonds. The molecule has 1 aliphatic rings. The lowest BCUT2D eigenvalue weighted by molar-refractivity contribution is -0.302. The maximum Gasteiger partial charge on any atom is 0.220 e. The second-order valence-electron chi connectivity index (χ2n) is 20.8. The third kappa shape index (κ3) is 40.9. The van der Waals surface area contributed by atoms with Gasteiger partial charge < -0.3 is 40.3 Å². The van der Waals surface area contributed by atoms with E-state index in [-0.39, 0.29) is 12.5 Å². The first-order chi connectivity index (χ1) is 35.3. The second-order valence-corrected chi connectivity index (χ2v) is 20.8. The quantitative estimate of drug-likeness (QED) is 0.0261. The van der Waals surface area contributed by atoms with E-state index >= 15 is 0 Å². The lowest BCUT2D eigenvalue weighted by Crippen LogP contribution is -2.60. The molecule has 0 saturated carbocycles. The van der Waals surface area contributed by atoms with Crippen LogP contribution >= 0.6 is 0 Å². The van der Waals surface area contributed by atoms with Gasteiger partial charge in [0.25, 0.3) is 0 Å². The molecule has 0 bridgehead atoms. The second kappa shape index (κ2) is 52.1. The number of amides is 1. The van der Waals surface area contributed by atoms with Crippen molar-refractivity contribution in [3.8, 4) is 0 Å². The number of aliphatic hydroxyl groups excluding tert-OH is 5. The third-order valence-electron chi connectivity index (χ3n) is 14.1. The van der Waals surface area contributed by atoms with Crippen molar-refractivity contribution < 1.29 is 39.8 Å². The molecule has 0 aromatic rings. The highest BCUT2D eigenvalue weighted by Crippen LogP contribution is 2.23. The topological polar surface area (TPSA) is 149 Å². The van der Waals surface area contributed by atoms with E-state index in [1.807, 2.05) is 0 Å². The molecule has 0 aromatic carbocycles. The van der Waals surface area contributed by atoms with Crippen molar-refractivity contribution in [3.63, 3.8) is 0 Å². The molecular weight excluding hydrogens is 899 g/mol. The summed E-state index contributed by atoms with van der Waals surface area (Å²) < 4.78 is 11.3. The average molecular weight is 1010 g/mol. The van der Waals surface area contributed by atoms with Gasteiger partial charge in [-0.05, 0) is 64.2 Å². The highest BCUT2D eigenvalue weighted by molar-refractivity contribution is 5.76. The van der Waals surface area contributed by atoms with Gasteiger partial charge in [-0.25, -0.2) is 0 Å². The summed E-state index contributed by atoms with van der Waals surface area (Å²) in [7, 11) is 0. The van der Waals surface area contributed by atoms with Crippen LogP contribution in [0.15, 0.2) is 72.9 Å². The maximum atomic E-state index is 13.0. The molecule has 7 unspecified atom stereocenters. The number of rotatable bonds is 51. The van der Waals surface area contributed by atoms with E-state index in [1.165, 1.54) is 161 Å². The van der Waals surface area contributed by atoms with Gasteiger partial charge in [-0.3, -0.25) is 4.79 Å². The molecule has 1 rings (SSSR count). The molecule has 9 heteroatoms. The van der Waals surface area contributed by atoms with Crippen molar-refractivity contribution in [1.29, 1.82) is 0 Å². The minimum Gasteiger partial charge on any atom is -0.394 e. The van der Waals surface area contributed by atoms with Crippen LogP contribution < -0.4 is 5.32 Å². The molecule has 0 spiro atoms. The van der Waals surface area contributed by atoms with Crippen molar-refractivity contribution in [2.45, 2.75) is 307 Å². The molecule has 418 valence electrons. The summed E-state index contributed by atoms with van der Waals surface area (Å²) in [4.78, 5) is 13.0. The Morgan fingerprint density at radius 1 is 0.486 bits per heavy atom. The molecule has 72 heavy (non-hydrogen) atoms. The van der Waals surface area contributed by atoms with Crippen molar-refractivity contribution >= 4 is 5.91 Å². The summed E-state index contributed by atoms with van der Waals surface area (Å²) in [6, 6.07) is -0.716. The van der Waals surface area contributed by atoms with Crippen LogP contribution in [0.25, 0.3) is 0 Å². The van der Waals surface area contributed by atoms with Gasteiger partial charge in [-0.1, -0.05) is 267 Å². The van der Waals surface area contributed by atoms with E-state index in [9.17, 15) is 30.3 Å². The Morgan fingerprint density at radius 2 is 0.861 bits per heavy atom. The first kappa shape index (κ1) is 67.6. The first-order valence-electron chi connectivity index (χ1n) is 30.1. The number of allylic oxidation sites excluding steroid dienone is 12. The van der Waals surface area contributed by atoms with Crippen LogP contribution in [-0.2, 0) is 14.3 Å². The Bertz CT molecular complexity index is 1360. The summed E-state index contributed by atoms with van der Waals surface area (Å²) >= 11 is 0. The molecule has 1 aliphatic heterocycles. The van der Waals surface area contributed by atoms with Crippen LogP contribution in [0, 0.1) is 0 Å². The Balaban J connectivity index is 1.98. The average Bonchev–Trinajstić information content (AvgIpc) is 3.38.